The van der Waals surface area contributed by atoms with E-state index in [2.05, 4.69) is 10.2 Å². The molecule has 0 bridgehead atoms. The van der Waals surface area contributed by atoms with Gasteiger partial charge in [-0.2, -0.15) is 26.3 Å². The molecule has 2 heterocycles. The Hall–Kier alpha value is -4.18. The van der Waals surface area contributed by atoms with Crippen molar-refractivity contribution >= 4 is 43.0 Å². The van der Waals surface area contributed by atoms with Crippen molar-refractivity contribution < 1.29 is 31.1 Å². The monoisotopic (exact) mass is 540 g/mol. The number of para-hydroxylation sites is 1. The molecule has 0 saturated carbocycles. The normalized spacial score (nSPS) is 12.5. The minimum Gasteiger partial charge on any atom is -0.436 e. The van der Waals surface area contributed by atoms with Crippen molar-refractivity contribution in [3.05, 3.63) is 96.1 Å². The molecule has 0 atom stereocenters. The lowest BCUT2D eigenvalue weighted by Gasteiger charge is -2.19. The van der Waals surface area contributed by atoms with E-state index >= 15 is 0 Å². The van der Waals surface area contributed by atoms with Crippen LogP contribution < -0.4 is 4.74 Å². The lowest BCUT2D eigenvalue weighted by atomic mass is 10.0. The molecule has 3 nitrogen and oxygen atoms in total. The van der Waals surface area contributed by atoms with Gasteiger partial charge in [0.15, 0.2) is 5.75 Å². The molecule has 6 rings (SSSR count). The molecule has 0 saturated heterocycles. The van der Waals surface area contributed by atoms with E-state index in [-0.39, 0.29) is 5.39 Å². The third kappa shape index (κ3) is 4.20. The van der Waals surface area contributed by atoms with Crippen LogP contribution in [0, 0.1) is 0 Å². The van der Waals surface area contributed by atoms with Gasteiger partial charge < -0.3 is 4.74 Å². The molecule has 0 aliphatic rings. The fourth-order valence-corrected chi connectivity index (χ4v) is 5.42. The molecule has 0 unspecified atom stereocenters. The number of thiophene rings is 1. The smallest absolute Gasteiger partial charge is 0.420 e. The lowest BCUT2D eigenvalue weighted by Crippen LogP contribution is -2.14. The van der Waals surface area contributed by atoms with Crippen LogP contribution in [-0.4, -0.2) is 10.2 Å². The first kappa shape index (κ1) is 24.2. The SMILES string of the molecule is FC(F)(F)c1cccc(C(F)(F)F)c1Oc1nnc(-c2cc3ccccc3s2)c2cc3ccccc3cc12. The molecule has 0 aliphatic carbocycles. The Morgan fingerprint density at radius 1 is 0.605 bits per heavy atom. The third-order valence-corrected chi connectivity index (χ3v) is 7.22. The second-order valence-corrected chi connectivity index (χ2v) is 9.61. The van der Waals surface area contributed by atoms with Gasteiger partial charge in [-0.05, 0) is 52.6 Å². The molecule has 0 fully saturated rings. The molecule has 0 N–H and O–H groups in total. The highest BCUT2D eigenvalue weighted by Gasteiger charge is 2.42. The van der Waals surface area contributed by atoms with Crippen molar-refractivity contribution in [1.82, 2.24) is 10.2 Å². The zero-order chi connectivity index (χ0) is 26.7. The Balaban J connectivity index is 1.61. The van der Waals surface area contributed by atoms with Crippen LogP contribution in [0.2, 0.25) is 0 Å². The standard InChI is InChI=1S/C28H14F6N2OS/c29-27(30,31)20-9-5-10-21(28(32,33)34)25(20)37-26-19-13-16-7-2-1-6-15(16)12-18(19)24(35-36-26)23-14-17-8-3-4-11-22(17)38-23/h1-14H. The number of benzene rings is 4. The van der Waals surface area contributed by atoms with Crippen molar-refractivity contribution in [3.63, 3.8) is 0 Å². The summed E-state index contributed by atoms with van der Waals surface area (Å²) in [6.07, 6.45) is -10.2. The van der Waals surface area contributed by atoms with Gasteiger partial charge in [0.1, 0.15) is 5.69 Å². The van der Waals surface area contributed by atoms with E-state index in [0.29, 0.717) is 34.7 Å². The molecule has 0 radical (unpaired) electrons. The first-order valence-corrected chi connectivity index (χ1v) is 12.0. The topological polar surface area (TPSA) is 35.0 Å². The minimum atomic E-state index is -5.09. The summed E-state index contributed by atoms with van der Waals surface area (Å²) in [5.41, 5.74) is -2.67. The molecule has 4 aromatic carbocycles. The maximum absolute atomic E-state index is 13.7. The predicted octanol–water partition coefficient (Wildman–Crippen LogP) is 9.49. The first-order valence-electron chi connectivity index (χ1n) is 11.2. The van der Waals surface area contributed by atoms with Crippen LogP contribution in [0.4, 0.5) is 26.3 Å². The van der Waals surface area contributed by atoms with Crippen molar-refractivity contribution in [1.29, 1.82) is 0 Å². The van der Waals surface area contributed by atoms with Gasteiger partial charge in [0.2, 0.25) is 5.88 Å². The molecule has 2 aromatic heterocycles. The third-order valence-electron chi connectivity index (χ3n) is 6.10. The average molecular weight is 540 g/mol. The fourth-order valence-electron chi connectivity index (χ4n) is 4.36. The molecule has 38 heavy (non-hydrogen) atoms. The summed E-state index contributed by atoms with van der Waals surface area (Å²) >= 11 is 1.45. The number of aromatic nitrogens is 2. The number of rotatable bonds is 3. The van der Waals surface area contributed by atoms with Gasteiger partial charge in [0, 0.05) is 15.5 Å². The highest BCUT2D eigenvalue weighted by molar-refractivity contribution is 7.22. The summed E-state index contributed by atoms with van der Waals surface area (Å²) in [6, 6.07) is 22.0. The highest BCUT2D eigenvalue weighted by atomic mass is 32.1. The molecule has 0 spiro atoms. The number of ether oxygens (including phenoxy) is 1. The van der Waals surface area contributed by atoms with Crippen LogP contribution in [0.3, 0.4) is 0 Å². The van der Waals surface area contributed by atoms with Crippen molar-refractivity contribution in [2.45, 2.75) is 12.4 Å². The van der Waals surface area contributed by atoms with E-state index in [4.69, 9.17) is 4.74 Å². The zero-order valence-corrected chi connectivity index (χ0v) is 19.9. The van der Waals surface area contributed by atoms with Crippen LogP contribution in [0.25, 0.3) is 42.2 Å². The first-order chi connectivity index (χ1) is 18.1. The quantitative estimate of drug-likeness (QED) is 0.166. The molecular weight excluding hydrogens is 526 g/mol. The number of nitrogens with zero attached hydrogens (tertiary/aromatic N) is 2. The van der Waals surface area contributed by atoms with Crippen LogP contribution in [0.1, 0.15) is 11.1 Å². The highest BCUT2D eigenvalue weighted by Crippen LogP contribution is 2.47. The van der Waals surface area contributed by atoms with Crippen LogP contribution in [0.15, 0.2) is 84.9 Å². The summed E-state index contributed by atoms with van der Waals surface area (Å²) in [7, 11) is 0. The summed E-state index contributed by atoms with van der Waals surface area (Å²) in [5.74, 6) is -1.83. The average Bonchev–Trinajstić information content (AvgIpc) is 3.30. The number of alkyl halides is 6. The molecule has 6 aromatic rings. The molecule has 190 valence electrons. The van der Waals surface area contributed by atoms with E-state index in [1.165, 1.54) is 11.3 Å². The number of halogens is 6. The van der Waals surface area contributed by atoms with Gasteiger partial charge in [-0.1, -0.05) is 48.5 Å². The number of hydrogen-bond acceptors (Lipinski definition) is 4. The summed E-state index contributed by atoms with van der Waals surface area (Å²) in [4.78, 5) is 0.747. The van der Waals surface area contributed by atoms with E-state index in [0.717, 1.165) is 20.3 Å². The Kier molecular flexibility index (Phi) is 5.53. The van der Waals surface area contributed by atoms with E-state index in [1.54, 1.807) is 24.3 Å². The van der Waals surface area contributed by atoms with Crippen LogP contribution in [0.5, 0.6) is 11.6 Å². The van der Waals surface area contributed by atoms with Gasteiger partial charge in [0.25, 0.3) is 0 Å². The maximum atomic E-state index is 13.7. The van der Waals surface area contributed by atoms with Crippen LogP contribution >= 0.6 is 11.3 Å². The Morgan fingerprint density at radius 2 is 1.18 bits per heavy atom. The maximum Gasteiger partial charge on any atom is 0.420 e. The van der Waals surface area contributed by atoms with E-state index in [9.17, 15) is 26.3 Å². The largest absolute Gasteiger partial charge is 0.436 e. The van der Waals surface area contributed by atoms with Crippen LogP contribution in [-0.2, 0) is 12.4 Å². The van der Waals surface area contributed by atoms with Gasteiger partial charge in [-0.15, -0.1) is 21.5 Å². The lowest BCUT2D eigenvalue weighted by molar-refractivity contribution is -0.145. The van der Waals surface area contributed by atoms with Gasteiger partial charge in [0.05, 0.1) is 16.0 Å². The summed E-state index contributed by atoms with van der Waals surface area (Å²) in [5, 5.41) is 11.4. The van der Waals surface area contributed by atoms with E-state index < -0.39 is 35.1 Å². The molecular formula is C28H14F6N2OS. The van der Waals surface area contributed by atoms with Crippen molar-refractivity contribution in [3.8, 4) is 22.2 Å². The van der Waals surface area contributed by atoms with Gasteiger partial charge in [-0.25, -0.2) is 0 Å². The van der Waals surface area contributed by atoms with Gasteiger partial charge in [-0.3, -0.25) is 0 Å². The Morgan fingerprint density at radius 3 is 1.79 bits per heavy atom. The number of hydrogen-bond donors (Lipinski definition) is 0. The molecule has 0 aliphatic heterocycles. The Labute approximate surface area is 214 Å². The second kappa shape index (κ2) is 8.70. The predicted molar refractivity (Wildman–Crippen MR) is 134 cm³/mol. The van der Waals surface area contributed by atoms with Gasteiger partial charge >= 0.3 is 12.4 Å². The van der Waals surface area contributed by atoms with E-state index in [1.807, 2.05) is 42.5 Å². The summed E-state index contributed by atoms with van der Waals surface area (Å²) in [6.45, 7) is 0. The molecule has 10 heteroatoms. The van der Waals surface area contributed by atoms with Crippen molar-refractivity contribution in [2.75, 3.05) is 0 Å². The second-order valence-electron chi connectivity index (χ2n) is 8.53. The van der Waals surface area contributed by atoms with Crippen molar-refractivity contribution in [2.24, 2.45) is 0 Å². The minimum absolute atomic E-state index is 0.233. The number of fused-ring (bicyclic) bond motifs is 3. The summed E-state index contributed by atoms with van der Waals surface area (Å²) < 4.78 is 88.9. The zero-order valence-electron chi connectivity index (χ0n) is 19.1. The molecule has 0 amide bonds. The fraction of sp³-hybridized carbons (Fsp3) is 0.0714. The Bertz CT molecular complexity index is 1780.